The molecular weight excluding hydrogens is 304 g/mol. The van der Waals surface area contributed by atoms with Gasteiger partial charge >= 0.3 is 0 Å². The van der Waals surface area contributed by atoms with Gasteiger partial charge in [-0.05, 0) is 30.5 Å². The number of nitrogens with one attached hydrogen (secondary N) is 2. The molecule has 1 aliphatic carbocycles. The van der Waals surface area contributed by atoms with Crippen molar-refractivity contribution >= 4 is 17.5 Å². The lowest BCUT2D eigenvalue weighted by Gasteiger charge is -2.16. The highest BCUT2D eigenvalue weighted by Gasteiger charge is 2.56. The van der Waals surface area contributed by atoms with Gasteiger partial charge in [0, 0.05) is 6.54 Å². The van der Waals surface area contributed by atoms with Crippen molar-refractivity contribution in [2.45, 2.75) is 19.4 Å². The third-order valence-electron chi connectivity index (χ3n) is 4.27. The van der Waals surface area contributed by atoms with E-state index in [0.29, 0.717) is 30.8 Å². The maximum Gasteiger partial charge on any atom is 0.240 e. The van der Waals surface area contributed by atoms with Gasteiger partial charge in [0.2, 0.25) is 11.8 Å². The van der Waals surface area contributed by atoms with Crippen molar-refractivity contribution in [3.63, 3.8) is 0 Å². The first-order valence-electron chi connectivity index (χ1n) is 7.92. The zero-order valence-corrected chi connectivity index (χ0v) is 13.5. The number of methoxy groups -OCH3 is 1. The minimum absolute atomic E-state index is 0.223. The third-order valence-corrected chi connectivity index (χ3v) is 4.27. The van der Waals surface area contributed by atoms with Crippen LogP contribution in [0.4, 0.5) is 5.69 Å². The molecule has 0 atom stereocenters. The minimum atomic E-state index is -0.963. The molecule has 2 amide bonds. The van der Waals surface area contributed by atoms with E-state index in [1.165, 1.54) is 0 Å². The van der Waals surface area contributed by atoms with E-state index >= 15 is 0 Å². The Labute approximate surface area is 141 Å². The smallest absolute Gasteiger partial charge is 0.240 e. The second-order valence-corrected chi connectivity index (χ2v) is 5.90. The summed E-state index contributed by atoms with van der Waals surface area (Å²) in [6, 6.07) is 16.8. The standard InChI is InChI=1S/C19H20N2O3/c1-24-16-10-6-5-9-15(16)21-18(23)19(11-12-19)17(22)20-13-14-7-3-2-4-8-14/h2-10H,11-13H2,1H3,(H,20,22)(H,21,23). The van der Waals surface area contributed by atoms with Crippen molar-refractivity contribution in [2.75, 3.05) is 12.4 Å². The largest absolute Gasteiger partial charge is 0.495 e. The number of carbonyl (C=O) groups is 2. The van der Waals surface area contributed by atoms with Crippen LogP contribution in [0.1, 0.15) is 18.4 Å². The lowest BCUT2D eigenvalue weighted by molar-refractivity contribution is -0.134. The summed E-state index contributed by atoms with van der Waals surface area (Å²) >= 11 is 0. The van der Waals surface area contributed by atoms with Crippen LogP contribution in [0.3, 0.4) is 0 Å². The first kappa shape index (κ1) is 16.1. The second-order valence-electron chi connectivity index (χ2n) is 5.90. The van der Waals surface area contributed by atoms with Gasteiger partial charge < -0.3 is 15.4 Å². The highest BCUT2D eigenvalue weighted by atomic mass is 16.5. The summed E-state index contributed by atoms with van der Waals surface area (Å²) in [6.45, 7) is 0.420. The summed E-state index contributed by atoms with van der Waals surface area (Å²) < 4.78 is 5.23. The number of hydrogen-bond acceptors (Lipinski definition) is 3. The highest BCUT2D eigenvalue weighted by Crippen LogP contribution is 2.47. The van der Waals surface area contributed by atoms with E-state index in [9.17, 15) is 9.59 Å². The summed E-state index contributed by atoms with van der Waals surface area (Å²) in [4.78, 5) is 25.1. The molecular formula is C19H20N2O3. The first-order valence-corrected chi connectivity index (χ1v) is 7.92. The average molecular weight is 324 g/mol. The number of carbonyl (C=O) groups excluding carboxylic acids is 2. The van der Waals surface area contributed by atoms with Crippen LogP contribution in [0.25, 0.3) is 0 Å². The zero-order valence-electron chi connectivity index (χ0n) is 13.5. The van der Waals surface area contributed by atoms with Crippen LogP contribution in [0.5, 0.6) is 5.75 Å². The second kappa shape index (κ2) is 6.74. The fraction of sp³-hybridized carbons (Fsp3) is 0.263. The normalized spacial score (nSPS) is 14.5. The van der Waals surface area contributed by atoms with E-state index in [1.54, 1.807) is 19.2 Å². The molecule has 0 heterocycles. The summed E-state index contributed by atoms with van der Waals surface area (Å²) in [5.74, 6) is 0.0719. The lowest BCUT2D eigenvalue weighted by Crippen LogP contribution is -2.39. The number of ether oxygens (including phenoxy) is 1. The molecule has 1 aliphatic rings. The van der Waals surface area contributed by atoms with E-state index in [-0.39, 0.29) is 11.8 Å². The Morgan fingerprint density at radius 3 is 2.33 bits per heavy atom. The first-order chi connectivity index (χ1) is 11.7. The molecule has 2 N–H and O–H groups in total. The van der Waals surface area contributed by atoms with Gasteiger partial charge in [0.25, 0.3) is 0 Å². The molecule has 0 bridgehead atoms. The Morgan fingerprint density at radius 2 is 1.67 bits per heavy atom. The van der Waals surface area contributed by atoms with Crippen LogP contribution in [0.2, 0.25) is 0 Å². The molecule has 0 aliphatic heterocycles. The van der Waals surface area contributed by atoms with Crippen LogP contribution in [-0.4, -0.2) is 18.9 Å². The predicted octanol–water partition coefficient (Wildman–Crippen LogP) is 2.73. The van der Waals surface area contributed by atoms with E-state index < -0.39 is 5.41 Å². The number of amides is 2. The number of anilines is 1. The van der Waals surface area contributed by atoms with Crippen molar-refractivity contribution in [3.05, 3.63) is 60.2 Å². The van der Waals surface area contributed by atoms with Gasteiger partial charge in [0.05, 0.1) is 12.8 Å². The number of benzene rings is 2. The molecule has 0 aromatic heterocycles. The maximum atomic E-state index is 12.6. The molecule has 0 saturated heterocycles. The summed E-state index contributed by atoms with van der Waals surface area (Å²) in [5.41, 5.74) is 0.620. The van der Waals surface area contributed by atoms with Crippen LogP contribution in [0, 0.1) is 5.41 Å². The maximum absolute atomic E-state index is 12.6. The fourth-order valence-corrected chi connectivity index (χ4v) is 2.62. The van der Waals surface area contributed by atoms with Crippen LogP contribution in [-0.2, 0) is 16.1 Å². The van der Waals surface area contributed by atoms with Crippen molar-refractivity contribution in [1.29, 1.82) is 0 Å². The molecule has 1 fully saturated rings. The van der Waals surface area contributed by atoms with Gasteiger partial charge in [0.15, 0.2) is 0 Å². The molecule has 5 heteroatoms. The molecule has 2 aromatic rings. The Balaban J connectivity index is 1.64. The van der Waals surface area contributed by atoms with Gasteiger partial charge in [-0.3, -0.25) is 9.59 Å². The predicted molar refractivity (Wildman–Crippen MR) is 91.6 cm³/mol. The fourth-order valence-electron chi connectivity index (χ4n) is 2.62. The van der Waals surface area contributed by atoms with E-state index in [2.05, 4.69) is 10.6 Å². The van der Waals surface area contributed by atoms with Crippen molar-refractivity contribution in [3.8, 4) is 5.75 Å². The van der Waals surface area contributed by atoms with Crippen molar-refractivity contribution < 1.29 is 14.3 Å². The van der Waals surface area contributed by atoms with Gasteiger partial charge in [-0.15, -0.1) is 0 Å². The third kappa shape index (κ3) is 3.25. The highest BCUT2D eigenvalue weighted by molar-refractivity contribution is 6.13. The monoisotopic (exact) mass is 324 g/mol. The number of rotatable bonds is 6. The summed E-state index contributed by atoms with van der Waals surface area (Å²) in [5, 5.41) is 5.68. The van der Waals surface area contributed by atoms with Gasteiger partial charge in [0.1, 0.15) is 11.2 Å². The molecule has 0 radical (unpaired) electrons. The zero-order chi connectivity index (χ0) is 17.0. The molecule has 24 heavy (non-hydrogen) atoms. The summed E-state index contributed by atoms with van der Waals surface area (Å²) in [7, 11) is 1.55. The Morgan fingerprint density at radius 1 is 1.00 bits per heavy atom. The van der Waals surface area contributed by atoms with Crippen LogP contribution < -0.4 is 15.4 Å². The minimum Gasteiger partial charge on any atom is -0.495 e. The van der Waals surface area contributed by atoms with Crippen molar-refractivity contribution in [1.82, 2.24) is 5.32 Å². The molecule has 3 rings (SSSR count). The van der Waals surface area contributed by atoms with E-state index in [1.807, 2.05) is 42.5 Å². The molecule has 2 aromatic carbocycles. The summed E-state index contributed by atoms with van der Waals surface area (Å²) in [6.07, 6.45) is 1.13. The van der Waals surface area contributed by atoms with Crippen LogP contribution >= 0.6 is 0 Å². The van der Waals surface area contributed by atoms with Gasteiger partial charge in [-0.25, -0.2) is 0 Å². The topological polar surface area (TPSA) is 67.4 Å². The van der Waals surface area contributed by atoms with Crippen molar-refractivity contribution in [2.24, 2.45) is 5.41 Å². The lowest BCUT2D eigenvalue weighted by atomic mass is 10.0. The molecule has 0 unspecified atom stereocenters. The molecule has 0 spiro atoms. The Bertz CT molecular complexity index is 739. The Kier molecular flexibility index (Phi) is 4.51. The van der Waals surface area contributed by atoms with E-state index in [0.717, 1.165) is 5.56 Å². The van der Waals surface area contributed by atoms with Gasteiger partial charge in [-0.2, -0.15) is 0 Å². The Hall–Kier alpha value is -2.82. The van der Waals surface area contributed by atoms with E-state index in [4.69, 9.17) is 4.74 Å². The molecule has 5 nitrogen and oxygen atoms in total. The SMILES string of the molecule is COc1ccccc1NC(=O)C1(C(=O)NCc2ccccc2)CC1. The van der Waals surface area contributed by atoms with Crippen LogP contribution in [0.15, 0.2) is 54.6 Å². The quantitative estimate of drug-likeness (QED) is 0.803. The number of hydrogen-bond donors (Lipinski definition) is 2. The number of para-hydroxylation sites is 2. The molecule has 1 saturated carbocycles. The molecule has 124 valence electrons. The average Bonchev–Trinajstić information content (AvgIpc) is 3.43. The van der Waals surface area contributed by atoms with Gasteiger partial charge in [-0.1, -0.05) is 42.5 Å².